The Bertz CT molecular complexity index is 569. The zero-order valence-electron chi connectivity index (χ0n) is 10.0. The van der Waals surface area contributed by atoms with Crippen molar-refractivity contribution in [3.8, 4) is 0 Å². The minimum atomic E-state index is -0.824. The molecule has 17 heavy (non-hydrogen) atoms. The van der Waals surface area contributed by atoms with Crippen molar-refractivity contribution in [2.75, 3.05) is 0 Å². The largest absolute Gasteiger partial charge is 0.388 e. The molecule has 0 amide bonds. The highest BCUT2D eigenvalue weighted by Crippen LogP contribution is 2.18. The molecule has 0 radical (unpaired) electrons. The van der Waals surface area contributed by atoms with Crippen LogP contribution in [0, 0.1) is 0 Å². The van der Waals surface area contributed by atoms with Crippen LogP contribution in [0.2, 0.25) is 0 Å². The van der Waals surface area contributed by atoms with Crippen LogP contribution in [0.1, 0.15) is 26.7 Å². The fourth-order valence-corrected chi connectivity index (χ4v) is 2.52. The van der Waals surface area contributed by atoms with E-state index in [0.717, 1.165) is 4.83 Å². The fourth-order valence-electron chi connectivity index (χ4n) is 1.80. The summed E-state index contributed by atoms with van der Waals surface area (Å²) in [6, 6.07) is 1.78. The van der Waals surface area contributed by atoms with Gasteiger partial charge in [-0.3, -0.25) is 9.36 Å². The zero-order chi connectivity index (χ0) is 12.5. The standard InChI is InChI=1S/C12H16N2O2S/c1-3-12(16,4-2)7-14-8-13-10-9(11(14)15)5-6-17-10/h5-6,8,16H,3-4,7H2,1-2H3. The molecule has 0 aromatic carbocycles. The second kappa shape index (κ2) is 4.58. The van der Waals surface area contributed by atoms with Gasteiger partial charge in [-0.15, -0.1) is 11.3 Å². The highest BCUT2D eigenvalue weighted by atomic mass is 32.1. The lowest BCUT2D eigenvalue weighted by Crippen LogP contribution is -2.36. The van der Waals surface area contributed by atoms with E-state index >= 15 is 0 Å². The number of aromatic nitrogens is 2. The van der Waals surface area contributed by atoms with Crippen LogP contribution in [0.15, 0.2) is 22.6 Å². The van der Waals surface area contributed by atoms with Gasteiger partial charge in [0.05, 0.1) is 23.9 Å². The molecule has 2 heterocycles. The van der Waals surface area contributed by atoms with Crippen LogP contribution in [0.4, 0.5) is 0 Å². The first-order valence-corrected chi connectivity index (χ1v) is 6.62. The van der Waals surface area contributed by atoms with Gasteiger partial charge in [-0.2, -0.15) is 0 Å². The molecule has 2 rings (SSSR count). The molecule has 0 aliphatic heterocycles. The predicted molar refractivity (Wildman–Crippen MR) is 69.4 cm³/mol. The van der Waals surface area contributed by atoms with Gasteiger partial charge in [0.15, 0.2) is 0 Å². The van der Waals surface area contributed by atoms with E-state index < -0.39 is 5.60 Å². The summed E-state index contributed by atoms with van der Waals surface area (Å²) in [5.74, 6) is 0. The van der Waals surface area contributed by atoms with E-state index in [4.69, 9.17) is 0 Å². The molecule has 0 unspecified atom stereocenters. The lowest BCUT2D eigenvalue weighted by Gasteiger charge is -2.25. The Morgan fingerprint density at radius 1 is 1.47 bits per heavy atom. The first-order chi connectivity index (χ1) is 8.09. The van der Waals surface area contributed by atoms with Crippen LogP contribution < -0.4 is 5.56 Å². The highest BCUT2D eigenvalue weighted by molar-refractivity contribution is 7.16. The SMILES string of the molecule is CCC(O)(CC)Cn1cnc2sccc2c1=O. The molecule has 1 N–H and O–H groups in total. The molecule has 0 fully saturated rings. The average Bonchev–Trinajstić information content (AvgIpc) is 2.82. The smallest absolute Gasteiger partial charge is 0.262 e. The molecule has 0 atom stereocenters. The molecule has 2 aromatic rings. The van der Waals surface area contributed by atoms with Gasteiger partial charge >= 0.3 is 0 Å². The van der Waals surface area contributed by atoms with Gasteiger partial charge in [-0.1, -0.05) is 13.8 Å². The van der Waals surface area contributed by atoms with Crippen molar-refractivity contribution < 1.29 is 5.11 Å². The molecular formula is C12H16N2O2S. The molecule has 5 heteroatoms. The molecular weight excluding hydrogens is 236 g/mol. The van der Waals surface area contributed by atoms with E-state index in [1.807, 2.05) is 19.2 Å². The third-order valence-electron chi connectivity index (χ3n) is 3.23. The van der Waals surface area contributed by atoms with E-state index in [-0.39, 0.29) is 5.56 Å². The summed E-state index contributed by atoms with van der Waals surface area (Å²) in [5, 5.41) is 12.7. The molecule has 0 aliphatic carbocycles. The van der Waals surface area contributed by atoms with Crippen molar-refractivity contribution in [3.05, 3.63) is 28.1 Å². The molecule has 92 valence electrons. The maximum Gasteiger partial charge on any atom is 0.262 e. The quantitative estimate of drug-likeness (QED) is 0.905. The molecule has 0 saturated heterocycles. The Kier molecular flexibility index (Phi) is 3.31. The summed E-state index contributed by atoms with van der Waals surface area (Å²) in [6.07, 6.45) is 2.77. The summed E-state index contributed by atoms with van der Waals surface area (Å²) in [4.78, 5) is 17.1. The zero-order valence-corrected chi connectivity index (χ0v) is 10.8. The Hall–Kier alpha value is -1.20. The summed E-state index contributed by atoms with van der Waals surface area (Å²) in [5.41, 5.74) is -0.897. The van der Waals surface area contributed by atoms with E-state index in [1.165, 1.54) is 22.2 Å². The minimum absolute atomic E-state index is 0.0726. The van der Waals surface area contributed by atoms with Gasteiger partial charge in [0, 0.05) is 0 Å². The van der Waals surface area contributed by atoms with Crippen molar-refractivity contribution in [2.24, 2.45) is 0 Å². The van der Waals surface area contributed by atoms with Crippen LogP contribution in [-0.4, -0.2) is 20.3 Å². The average molecular weight is 252 g/mol. The van der Waals surface area contributed by atoms with E-state index in [0.29, 0.717) is 24.8 Å². The van der Waals surface area contributed by atoms with Gasteiger partial charge < -0.3 is 5.11 Å². The number of thiophene rings is 1. The van der Waals surface area contributed by atoms with Crippen molar-refractivity contribution in [2.45, 2.75) is 38.8 Å². The van der Waals surface area contributed by atoms with Crippen LogP contribution in [0.25, 0.3) is 10.2 Å². The van der Waals surface area contributed by atoms with Gasteiger partial charge in [-0.25, -0.2) is 4.98 Å². The molecule has 0 aliphatic rings. The van der Waals surface area contributed by atoms with E-state index in [1.54, 1.807) is 6.07 Å². The van der Waals surface area contributed by atoms with Gasteiger partial charge in [0.1, 0.15) is 4.83 Å². The van der Waals surface area contributed by atoms with E-state index in [2.05, 4.69) is 4.98 Å². The Morgan fingerprint density at radius 2 is 2.18 bits per heavy atom. The van der Waals surface area contributed by atoms with Crippen molar-refractivity contribution in [3.63, 3.8) is 0 Å². The highest BCUT2D eigenvalue weighted by Gasteiger charge is 2.23. The number of rotatable bonds is 4. The Labute approximate surface area is 104 Å². The third-order valence-corrected chi connectivity index (χ3v) is 4.05. The van der Waals surface area contributed by atoms with Gasteiger partial charge in [0.2, 0.25) is 0 Å². The maximum absolute atomic E-state index is 12.1. The molecule has 2 aromatic heterocycles. The molecule has 0 spiro atoms. The number of aliphatic hydroxyl groups is 1. The third kappa shape index (κ3) is 2.25. The van der Waals surface area contributed by atoms with Crippen LogP contribution in [0.5, 0.6) is 0 Å². The van der Waals surface area contributed by atoms with Crippen molar-refractivity contribution >= 4 is 21.6 Å². The minimum Gasteiger partial charge on any atom is -0.388 e. The topological polar surface area (TPSA) is 55.1 Å². The second-order valence-electron chi connectivity index (χ2n) is 4.25. The van der Waals surface area contributed by atoms with Crippen LogP contribution in [0.3, 0.4) is 0 Å². The molecule has 0 bridgehead atoms. The Balaban J connectivity index is 2.43. The van der Waals surface area contributed by atoms with Gasteiger partial charge in [-0.05, 0) is 24.3 Å². The summed E-state index contributed by atoms with van der Waals surface area (Å²) >= 11 is 1.45. The fraction of sp³-hybridized carbons (Fsp3) is 0.500. The predicted octanol–water partition coefficient (Wildman–Crippen LogP) is 2.01. The number of fused-ring (bicyclic) bond motifs is 1. The number of hydrogen-bond donors (Lipinski definition) is 1. The first-order valence-electron chi connectivity index (χ1n) is 5.74. The lowest BCUT2D eigenvalue weighted by atomic mass is 9.97. The Morgan fingerprint density at radius 3 is 2.82 bits per heavy atom. The van der Waals surface area contributed by atoms with Gasteiger partial charge in [0.25, 0.3) is 5.56 Å². The summed E-state index contributed by atoms with van der Waals surface area (Å²) in [6.45, 7) is 4.15. The first kappa shape index (κ1) is 12.3. The monoisotopic (exact) mass is 252 g/mol. The summed E-state index contributed by atoms with van der Waals surface area (Å²) < 4.78 is 1.50. The maximum atomic E-state index is 12.1. The number of nitrogens with zero attached hydrogens (tertiary/aromatic N) is 2. The molecule has 4 nitrogen and oxygen atoms in total. The van der Waals surface area contributed by atoms with E-state index in [9.17, 15) is 9.90 Å². The van der Waals surface area contributed by atoms with Crippen LogP contribution >= 0.6 is 11.3 Å². The van der Waals surface area contributed by atoms with Crippen molar-refractivity contribution in [1.29, 1.82) is 0 Å². The van der Waals surface area contributed by atoms with Crippen molar-refractivity contribution in [1.82, 2.24) is 9.55 Å². The second-order valence-corrected chi connectivity index (χ2v) is 5.14. The summed E-state index contributed by atoms with van der Waals surface area (Å²) in [7, 11) is 0. The normalized spacial score (nSPS) is 12.2. The lowest BCUT2D eigenvalue weighted by molar-refractivity contribution is 0.0140. The number of hydrogen-bond acceptors (Lipinski definition) is 4. The van der Waals surface area contributed by atoms with Crippen LogP contribution in [-0.2, 0) is 6.54 Å². The molecule has 0 saturated carbocycles.